The molecule has 238 valence electrons. The molecule has 0 atom stereocenters. The van der Waals surface area contributed by atoms with Gasteiger partial charge in [0.25, 0.3) is 0 Å². The Balaban J connectivity index is 1.11. The zero-order valence-corrected chi connectivity index (χ0v) is 27.6. The van der Waals surface area contributed by atoms with E-state index in [1.54, 1.807) is 0 Å². The van der Waals surface area contributed by atoms with Gasteiger partial charge in [-0.2, -0.15) is 0 Å². The molecule has 0 radical (unpaired) electrons. The van der Waals surface area contributed by atoms with Gasteiger partial charge in [-0.1, -0.05) is 133 Å². The van der Waals surface area contributed by atoms with Crippen molar-refractivity contribution in [2.45, 2.75) is 0 Å². The van der Waals surface area contributed by atoms with Crippen LogP contribution in [0.5, 0.6) is 0 Å². The van der Waals surface area contributed by atoms with E-state index < -0.39 is 0 Å². The molecule has 2 heterocycles. The van der Waals surface area contributed by atoms with Crippen LogP contribution in [0.3, 0.4) is 0 Å². The van der Waals surface area contributed by atoms with Gasteiger partial charge in [0, 0.05) is 33.2 Å². The first-order valence-electron chi connectivity index (χ1n) is 17.2. The average Bonchev–Trinajstić information content (AvgIpc) is 3.51. The smallest absolute Gasteiger partial charge is 0.164 e. The maximum Gasteiger partial charge on any atom is 0.164 e. The maximum absolute atomic E-state index is 5.03. The monoisotopic (exact) mass is 650 g/mol. The normalized spacial score (nSPS) is 11.5. The highest BCUT2D eigenvalue weighted by molar-refractivity contribution is 6.16. The van der Waals surface area contributed by atoms with Gasteiger partial charge in [-0.15, -0.1) is 0 Å². The molecule has 4 heteroatoms. The van der Waals surface area contributed by atoms with E-state index >= 15 is 0 Å². The quantitative estimate of drug-likeness (QED) is 0.186. The van der Waals surface area contributed by atoms with E-state index in [1.807, 2.05) is 36.4 Å². The minimum absolute atomic E-state index is 0.636. The van der Waals surface area contributed by atoms with E-state index in [1.165, 1.54) is 48.9 Å². The lowest BCUT2D eigenvalue weighted by Crippen LogP contribution is -2.00. The van der Waals surface area contributed by atoms with Gasteiger partial charge >= 0.3 is 0 Å². The summed E-state index contributed by atoms with van der Waals surface area (Å²) in [5.74, 6) is 1.92. The average molecular weight is 651 g/mol. The zero-order chi connectivity index (χ0) is 33.7. The lowest BCUT2D eigenvalue weighted by atomic mass is 10.0. The van der Waals surface area contributed by atoms with Gasteiger partial charge in [-0.05, 0) is 81.2 Å². The molecule has 2 aromatic heterocycles. The van der Waals surface area contributed by atoms with Gasteiger partial charge in [-0.25, -0.2) is 15.0 Å². The largest absolute Gasteiger partial charge is 0.309 e. The number of fused-ring (bicyclic) bond motifs is 5. The standard InChI is InChI=1S/C47H30N4/c1-3-11-31(12-4-1)32-19-21-34(22-20-32)46-48-45(33-13-5-2-6-14-33)49-47(50-46)35-23-25-40(26-24-35)51-43-29-38-17-9-7-15-36(38)27-41(43)42-28-37-16-8-10-18-39(37)30-44(42)51/h1-30H. The summed E-state index contributed by atoms with van der Waals surface area (Å²) in [5, 5.41) is 7.40. The van der Waals surface area contributed by atoms with Gasteiger partial charge in [-0.3, -0.25) is 0 Å². The second-order valence-electron chi connectivity index (χ2n) is 12.9. The first kappa shape index (κ1) is 29.0. The van der Waals surface area contributed by atoms with Crippen LogP contribution >= 0.6 is 0 Å². The van der Waals surface area contributed by atoms with E-state index in [-0.39, 0.29) is 0 Å². The van der Waals surface area contributed by atoms with E-state index in [4.69, 9.17) is 15.0 Å². The molecule has 10 rings (SSSR count). The van der Waals surface area contributed by atoms with Crippen LogP contribution in [-0.2, 0) is 0 Å². The maximum atomic E-state index is 5.03. The lowest BCUT2D eigenvalue weighted by Gasteiger charge is -2.11. The molecule has 10 aromatic rings. The lowest BCUT2D eigenvalue weighted by molar-refractivity contribution is 1.07. The molecule has 0 saturated carbocycles. The van der Waals surface area contributed by atoms with Crippen molar-refractivity contribution in [2.75, 3.05) is 0 Å². The molecule has 0 aliphatic rings. The summed E-state index contributed by atoms with van der Waals surface area (Å²) in [6, 6.07) is 64.1. The molecule has 0 aliphatic carbocycles. The Morgan fingerprint density at radius 3 is 1.10 bits per heavy atom. The Bertz CT molecular complexity index is 2780. The molecule has 0 saturated heterocycles. The highest BCUT2D eigenvalue weighted by Gasteiger charge is 2.16. The molecule has 0 N–H and O–H groups in total. The summed E-state index contributed by atoms with van der Waals surface area (Å²) in [6.07, 6.45) is 0. The van der Waals surface area contributed by atoms with Crippen molar-refractivity contribution in [1.29, 1.82) is 0 Å². The second kappa shape index (κ2) is 11.9. The Hall–Kier alpha value is -6.91. The molecule has 0 spiro atoms. The van der Waals surface area contributed by atoms with E-state index in [0.29, 0.717) is 17.5 Å². The minimum atomic E-state index is 0.636. The first-order chi connectivity index (χ1) is 25.2. The molecule has 0 fully saturated rings. The van der Waals surface area contributed by atoms with Crippen molar-refractivity contribution in [3.05, 3.63) is 182 Å². The van der Waals surface area contributed by atoms with Crippen LogP contribution in [0.1, 0.15) is 0 Å². The van der Waals surface area contributed by atoms with Gasteiger partial charge in [0.05, 0.1) is 11.0 Å². The number of hydrogen-bond acceptors (Lipinski definition) is 3. The van der Waals surface area contributed by atoms with Crippen LogP contribution in [-0.4, -0.2) is 19.5 Å². The molecule has 0 unspecified atom stereocenters. The van der Waals surface area contributed by atoms with E-state index in [9.17, 15) is 0 Å². The molecular weight excluding hydrogens is 621 g/mol. The Morgan fingerprint density at radius 1 is 0.294 bits per heavy atom. The molecule has 0 amide bonds. The highest BCUT2D eigenvalue weighted by atomic mass is 15.0. The van der Waals surface area contributed by atoms with Crippen molar-refractivity contribution in [3.63, 3.8) is 0 Å². The summed E-state index contributed by atoms with van der Waals surface area (Å²) >= 11 is 0. The molecule has 0 bridgehead atoms. The van der Waals surface area contributed by atoms with Crippen LogP contribution in [0.25, 0.3) is 94.3 Å². The minimum Gasteiger partial charge on any atom is -0.309 e. The van der Waals surface area contributed by atoms with E-state index in [0.717, 1.165) is 27.9 Å². The number of rotatable bonds is 5. The third kappa shape index (κ3) is 5.13. The first-order valence-corrected chi connectivity index (χ1v) is 17.2. The van der Waals surface area contributed by atoms with E-state index in [2.05, 4.69) is 150 Å². The van der Waals surface area contributed by atoms with Crippen molar-refractivity contribution >= 4 is 43.4 Å². The molecular formula is C47H30N4. The van der Waals surface area contributed by atoms with Crippen molar-refractivity contribution in [3.8, 4) is 51.0 Å². The number of aromatic nitrogens is 4. The predicted molar refractivity (Wildman–Crippen MR) is 211 cm³/mol. The molecule has 8 aromatic carbocycles. The second-order valence-corrected chi connectivity index (χ2v) is 12.9. The topological polar surface area (TPSA) is 43.6 Å². The Labute approximate surface area is 295 Å². The molecule has 51 heavy (non-hydrogen) atoms. The summed E-state index contributed by atoms with van der Waals surface area (Å²) in [7, 11) is 0. The Kier molecular flexibility index (Phi) is 6.78. The predicted octanol–water partition coefficient (Wildman–Crippen LogP) is 11.9. The van der Waals surface area contributed by atoms with Crippen LogP contribution in [0.4, 0.5) is 0 Å². The summed E-state index contributed by atoms with van der Waals surface area (Å²) in [6.45, 7) is 0. The van der Waals surface area contributed by atoms with Crippen LogP contribution in [0, 0.1) is 0 Å². The zero-order valence-electron chi connectivity index (χ0n) is 27.6. The van der Waals surface area contributed by atoms with Gasteiger partial charge in [0.15, 0.2) is 17.5 Å². The molecule has 0 aliphatic heterocycles. The number of nitrogens with zero attached hydrogens (tertiary/aromatic N) is 4. The fourth-order valence-corrected chi connectivity index (χ4v) is 7.22. The number of hydrogen-bond donors (Lipinski definition) is 0. The summed E-state index contributed by atoms with van der Waals surface area (Å²) in [5.41, 5.74) is 8.59. The SMILES string of the molecule is c1ccc(-c2ccc(-c3nc(-c4ccccc4)nc(-c4ccc(-n5c6cc7ccccc7cc6c6cc7ccccc7cc65)cc4)n3)cc2)cc1. The van der Waals surface area contributed by atoms with Crippen LogP contribution in [0.2, 0.25) is 0 Å². The van der Waals surface area contributed by atoms with Gasteiger partial charge in [0.1, 0.15) is 0 Å². The Morgan fingerprint density at radius 2 is 0.627 bits per heavy atom. The van der Waals surface area contributed by atoms with Crippen molar-refractivity contribution < 1.29 is 0 Å². The fourth-order valence-electron chi connectivity index (χ4n) is 7.22. The third-order valence-electron chi connectivity index (χ3n) is 9.80. The van der Waals surface area contributed by atoms with Crippen LogP contribution < -0.4 is 0 Å². The van der Waals surface area contributed by atoms with Crippen molar-refractivity contribution in [2.24, 2.45) is 0 Å². The number of benzene rings is 8. The highest BCUT2D eigenvalue weighted by Crippen LogP contribution is 2.37. The van der Waals surface area contributed by atoms with Crippen LogP contribution in [0.15, 0.2) is 182 Å². The summed E-state index contributed by atoms with van der Waals surface area (Å²) in [4.78, 5) is 15.0. The van der Waals surface area contributed by atoms with Crippen molar-refractivity contribution in [1.82, 2.24) is 19.5 Å². The third-order valence-corrected chi connectivity index (χ3v) is 9.80. The van der Waals surface area contributed by atoms with Gasteiger partial charge in [0.2, 0.25) is 0 Å². The summed E-state index contributed by atoms with van der Waals surface area (Å²) < 4.78 is 2.38. The fraction of sp³-hybridized carbons (Fsp3) is 0. The molecule has 4 nitrogen and oxygen atoms in total. The van der Waals surface area contributed by atoms with Gasteiger partial charge < -0.3 is 4.57 Å².